The summed E-state index contributed by atoms with van der Waals surface area (Å²) >= 11 is 0. The maximum absolute atomic E-state index is 12.3. The van der Waals surface area contributed by atoms with Crippen molar-refractivity contribution in [3.63, 3.8) is 0 Å². The lowest BCUT2D eigenvalue weighted by atomic mass is 10.1. The normalized spacial score (nSPS) is 20.4. The van der Waals surface area contributed by atoms with Crippen molar-refractivity contribution in [1.82, 2.24) is 0 Å². The first-order valence-electron chi connectivity index (χ1n) is 11.6. The molecule has 4 heterocycles. The summed E-state index contributed by atoms with van der Waals surface area (Å²) < 4.78 is 28.5. The highest BCUT2D eigenvalue weighted by molar-refractivity contribution is 7.89. The molecule has 0 aliphatic carbocycles. The molecule has 2 aromatic heterocycles. The molecule has 34 heavy (non-hydrogen) atoms. The van der Waals surface area contributed by atoms with Gasteiger partial charge in [-0.25, -0.2) is 13.6 Å². The molecular weight excluding hydrogens is 450 g/mol. The number of amides is 1. The molecule has 0 atom stereocenters. The second-order valence-corrected chi connectivity index (χ2v) is 10.8. The molecule has 9 heteroatoms. The van der Waals surface area contributed by atoms with Crippen molar-refractivity contribution in [1.29, 1.82) is 0 Å². The molecule has 176 valence electrons. The number of sulfonamides is 1. The fourth-order valence-electron chi connectivity index (χ4n) is 5.34. The zero-order chi connectivity index (χ0) is 23.8. The number of unbranched alkanes of at least 4 members (excludes halogenated alkanes) is 2. The van der Waals surface area contributed by atoms with Crippen LogP contribution in [0.5, 0.6) is 0 Å². The SMILES string of the molecule is NS(=O)(=O)c1ccc(NC(=O)CCCCC[N+]23Cc4cccc[n+]4C2[n+]2ccccc2C3)cc1. The minimum Gasteiger partial charge on any atom is -0.326 e. The van der Waals surface area contributed by atoms with E-state index in [1.165, 1.54) is 23.5 Å². The van der Waals surface area contributed by atoms with E-state index in [-0.39, 0.29) is 17.1 Å². The second kappa shape index (κ2) is 8.90. The van der Waals surface area contributed by atoms with E-state index in [0.29, 0.717) is 12.1 Å². The number of pyridine rings is 2. The van der Waals surface area contributed by atoms with E-state index in [1.54, 1.807) is 12.1 Å². The molecule has 2 aliphatic heterocycles. The summed E-state index contributed by atoms with van der Waals surface area (Å²) in [6.07, 6.45) is 7.92. The zero-order valence-corrected chi connectivity index (χ0v) is 19.8. The van der Waals surface area contributed by atoms with E-state index in [0.717, 1.165) is 43.4 Å². The van der Waals surface area contributed by atoms with Crippen molar-refractivity contribution in [3.05, 3.63) is 84.4 Å². The van der Waals surface area contributed by atoms with Crippen LogP contribution in [0.2, 0.25) is 0 Å². The van der Waals surface area contributed by atoms with Crippen molar-refractivity contribution < 1.29 is 26.8 Å². The van der Waals surface area contributed by atoms with Crippen molar-refractivity contribution >= 4 is 21.6 Å². The number of nitrogens with zero attached hydrogens (tertiary/aromatic N) is 3. The summed E-state index contributed by atoms with van der Waals surface area (Å²) in [6.45, 7) is 3.09. The van der Waals surface area contributed by atoms with Gasteiger partial charge in [-0.3, -0.25) is 4.79 Å². The Labute approximate surface area is 199 Å². The van der Waals surface area contributed by atoms with Gasteiger partial charge in [0.05, 0.1) is 11.4 Å². The highest BCUT2D eigenvalue weighted by Gasteiger charge is 2.63. The number of aromatic nitrogens is 2. The average Bonchev–Trinajstić information content (AvgIpc) is 3.29. The molecule has 1 amide bonds. The summed E-state index contributed by atoms with van der Waals surface area (Å²) in [5.74, 6) is -0.0680. The molecule has 0 unspecified atom stereocenters. The Bertz CT molecular complexity index is 1270. The van der Waals surface area contributed by atoms with Crippen LogP contribution in [-0.4, -0.2) is 25.4 Å². The minimum absolute atomic E-state index is 0.0285. The predicted molar refractivity (Wildman–Crippen MR) is 125 cm³/mol. The van der Waals surface area contributed by atoms with E-state index in [9.17, 15) is 13.2 Å². The first-order chi connectivity index (χ1) is 16.4. The molecule has 0 bridgehead atoms. The van der Waals surface area contributed by atoms with Crippen LogP contribution in [0.3, 0.4) is 0 Å². The quantitative estimate of drug-likeness (QED) is 0.293. The highest BCUT2D eigenvalue weighted by Crippen LogP contribution is 2.34. The number of quaternary nitrogens is 1. The molecular formula is C25H30N5O3S+3. The number of benzene rings is 1. The molecule has 1 aromatic carbocycles. The Hall–Kier alpha value is -3.14. The molecule has 0 saturated heterocycles. The summed E-state index contributed by atoms with van der Waals surface area (Å²) in [4.78, 5) is 12.4. The van der Waals surface area contributed by atoms with Crippen molar-refractivity contribution in [2.45, 2.75) is 50.0 Å². The molecule has 3 N–H and O–H groups in total. The van der Waals surface area contributed by atoms with Gasteiger partial charge in [0.1, 0.15) is 0 Å². The van der Waals surface area contributed by atoms with Crippen LogP contribution in [0, 0.1) is 0 Å². The summed E-state index contributed by atoms with van der Waals surface area (Å²) in [5, 5.41) is 7.94. The van der Waals surface area contributed by atoms with Crippen LogP contribution in [0.1, 0.15) is 43.4 Å². The van der Waals surface area contributed by atoms with Crippen LogP contribution in [-0.2, 0) is 27.9 Å². The maximum atomic E-state index is 12.3. The largest absolute Gasteiger partial charge is 0.484 e. The van der Waals surface area contributed by atoms with Gasteiger partial charge in [0.15, 0.2) is 25.5 Å². The van der Waals surface area contributed by atoms with Crippen LogP contribution < -0.4 is 19.6 Å². The highest BCUT2D eigenvalue weighted by atomic mass is 32.2. The van der Waals surface area contributed by atoms with Gasteiger partial charge in [-0.05, 0) is 55.7 Å². The van der Waals surface area contributed by atoms with E-state index in [2.05, 4.69) is 63.2 Å². The summed E-state index contributed by atoms with van der Waals surface area (Å²) in [7, 11) is -3.73. The Kier molecular flexibility index (Phi) is 5.93. The number of nitrogens with two attached hydrogens (primary N) is 1. The van der Waals surface area contributed by atoms with Gasteiger partial charge < -0.3 is 5.32 Å². The Balaban J connectivity index is 1.15. The molecule has 2 aliphatic rings. The van der Waals surface area contributed by atoms with Crippen LogP contribution in [0.4, 0.5) is 5.69 Å². The fraction of sp³-hybridized carbons (Fsp3) is 0.320. The number of hydrogen-bond acceptors (Lipinski definition) is 3. The smallest absolute Gasteiger partial charge is 0.326 e. The lowest BCUT2D eigenvalue weighted by molar-refractivity contribution is -1.16. The molecule has 3 aromatic rings. The fourth-order valence-corrected chi connectivity index (χ4v) is 5.86. The van der Waals surface area contributed by atoms with Crippen molar-refractivity contribution in [2.75, 3.05) is 11.9 Å². The van der Waals surface area contributed by atoms with Crippen LogP contribution in [0.15, 0.2) is 78.0 Å². The Morgan fingerprint density at radius 1 is 0.912 bits per heavy atom. The third-order valence-corrected chi connectivity index (χ3v) is 7.80. The van der Waals surface area contributed by atoms with Crippen molar-refractivity contribution in [3.8, 4) is 0 Å². The maximum Gasteiger partial charge on any atom is 0.484 e. The third kappa shape index (κ3) is 4.34. The Morgan fingerprint density at radius 2 is 1.53 bits per heavy atom. The molecule has 5 rings (SSSR count). The summed E-state index contributed by atoms with van der Waals surface area (Å²) in [6, 6.07) is 18.8. The Morgan fingerprint density at radius 3 is 2.12 bits per heavy atom. The number of carbonyl (C=O) groups is 1. The van der Waals surface area contributed by atoms with Gasteiger partial charge in [0.2, 0.25) is 27.3 Å². The number of hydrogen-bond donors (Lipinski definition) is 2. The third-order valence-electron chi connectivity index (χ3n) is 6.87. The van der Waals surface area contributed by atoms with Gasteiger partial charge in [-0.15, -0.1) is 0 Å². The van der Waals surface area contributed by atoms with Gasteiger partial charge >= 0.3 is 6.29 Å². The minimum atomic E-state index is -3.73. The lowest BCUT2D eigenvalue weighted by Gasteiger charge is -2.24. The summed E-state index contributed by atoms with van der Waals surface area (Å²) in [5.41, 5.74) is 3.29. The molecule has 0 spiro atoms. The van der Waals surface area contributed by atoms with E-state index >= 15 is 0 Å². The number of fused-ring (bicyclic) bond motifs is 5. The standard InChI is InChI=1S/C25H29N5O3S/c26-34(32,33)23-13-11-20(12-14-23)27-24(31)10-2-1-7-17-30-18-21-8-3-5-15-28(21)25(30)29-16-6-4-9-22(29)19-30/h3-6,8-9,11-16,25H,1-2,7,10,17-19H2,(H2-,26,27,31,32,33)/q+2/p+1. The van der Waals surface area contributed by atoms with Crippen molar-refractivity contribution in [2.24, 2.45) is 5.14 Å². The zero-order valence-electron chi connectivity index (χ0n) is 19.0. The first-order valence-corrected chi connectivity index (χ1v) is 13.2. The van der Waals surface area contributed by atoms with Gasteiger partial charge in [-0.2, -0.15) is 4.48 Å². The predicted octanol–water partition coefficient (Wildman–Crippen LogP) is 1.96. The van der Waals surface area contributed by atoms with Crippen LogP contribution in [0.25, 0.3) is 0 Å². The lowest BCUT2D eigenvalue weighted by Crippen LogP contribution is -2.62. The monoisotopic (exact) mass is 480 g/mol. The number of nitrogens with one attached hydrogen (secondary N) is 1. The molecule has 0 saturated carbocycles. The number of primary sulfonamides is 1. The van der Waals surface area contributed by atoms with E-state index in [4.69, 9.17) is 5.14 Å². The molecule has 0 fully saturated rings. The van der Waals surface area contributed by atoms with Gasteiger partial charge in [-0.1, -0.05) is 9.13 Å². The second-order valence-electron chi connectivity index (χ2n) is 9.23. The van der Waals surface area contributed by atoms with E-state index in [1.807, 2.05) is 0 Å². The van der Waals surface area contributed by atoms with Gasteiger partial charge in [0.25, 0.3) is 0 Å². The number of anilines is 1. The molecule has 8 nitrogen and oxygen atoms in total. The average molecular weight is 481 g/mol. The topological polar surface area (TPSA) is 97.0 Å². The number of carbonyl (C=O) groups excluding carboxylic acids is 1. The number of rotatable bonds is 8. The van der Waals surface area contributed by atoms with E-state index < -0.39 is 10.0 Å². The first kappa shape index (κ1) is 22.6. The van der Waals surface area contributed by atoms with Crippen LogP contribution >= 0.6 is 0 Å². The molecule has 0 radical (unpaired) electrons. The van der Waals surface area contributed by atoms with Gasteiger partial charge in [0, 0.05) is 36.4 Å².